The molecule has 1 atom stereocenters. The van der Waals surface area contributed by atoms with E-state index in [-0.39, 0.29) is 6.61 Å². The molecule has 4 heteroatoms. The maximum atomic E-state index is 8.40. The molecule has 0 spiro atoms. The summed E-state index contributed by atoms with van der Waals surface area (Å²) >= 11 is 2.00. The summed E-state index contributed by atoms with van der Waals surface area (Å²) in [6.45, 7) is 1.25. The second-order valence-corrected chi connectivity index (χ2v) is 5.25. The van der Waals surface area contributed by atoms with Crippen LogP contribution in [0.2, 0.25) is 0 Å². The Balaban J connectivity index is 1.79. The van der Waals surface area contributed by atoms with Crippen molar-refractivity contribution in [3.8, 4) is 11.8 Å². The average Bonchev–Trinajstić information content (AvgIpc) is 2.88. The lowest BCUT2D eigenvalue weighted by Crippen LogP contribution is -2.19. The minimum atomic E-state index is 0.113. The third-order valence-corrected chi connectivity index (χ3v) is 3.96. The predicted molar refractivity (Wildman–Crippen MR) is 70.1 cm³/mol. The normalized spacial score (nSPS) is 18.9. The molecule has 2 rings (SSSR count). The van der Waals surface area contributed by atoms with Gasteiger partial charge in [0.25, 0.3) is 0 Å². The van der Waals surface area contributed by atoms with Crippen LogP contribution in [0.1, 0.15) is 12.0 Å². The number of aryl methyl sites for hydroxylation is 1. The van der Waals surface area contributed by atoms with E-state index in [1.807, 2.05) is 30.0 Å². The summed E-state index contributed by atoms with van der Waals surface area (Å²) in [5, 5.41) is 12.5. The van der Waals surface area contributed by atoms with Crippen LogP contribution < -0.4 is 10.1 Å². The maximum Gasteiger partial charge on any atom is 0.174 e. The summed E-state index contributed by atoms with van der Waals surface area (Å²) in [4.78, 5) is 0. The van der Waals surface area contributed by atoms with Gasteiger partial charge in [-0.25, -0.2) is 0 Å². The van der Waals surface area contributed by atoms with Crippen LogP contribution in [0.3, 0.4) is 0 Å². The maximum absolute atomic E-state index is 8.40. The molecule has 0 aliphatic carbocycles. The number of hydrogen-bond donors (Lipinski definition) is 1. The number of hydrogen-bond acceptors (Lipinski definition) is 4. The molecule has 0 bridgehead atoms. The molecule has 1 fully saturated rings. The number of nitrogens with zero attached hydrogens (tertiary/aromatic N) is 1. The van der Waals surface area contributed by atoms with Crippen molar-refractivity contribution in [3.63, 3.8) is 0 Å². The van der Waals surface area contributed by atoms with Crippen molar-refractivity contribution in [2.24, 2.45) is 0 Å². The van der Waals surface area contributed by atoms with E-state index in [1.165, 1.54) is 17.7 Å². The first-order valence-corrected chi connectivity index (χ1v) is 6.87. The Morgan fingerprint density at radius 1 is 1.41 bits per heavy atom. The number of thioether (sulfide) groups is 1. The molecule has 1 heterocycles. The summed E-state index contributed by atoms with van der Waals surface area (Å²) < 4.78 is 5.21. The second kappa shape index (κ2) is 6.53. The number of nitrogens with one attached hydrogen (secondary N) is 1. The highest BCUT2D eigenvalue weighted by atomic mass is 32.2. The van der Waals surface area contributed by atoms with E-state index in [1.54, 1.807) is 0 Å². The van der Waals surface area contributed by atoms with Crippen molar-refractivity contribution < 1.29 is 4.74 Å². The van der Waals surface area contributed by atoms with Crippen molar-refractivity contribution in [3.05, 3.63) is 29.8 Å². The van der Waals surface area contributed by atoms with Crippen molar-refractivity contribution in [2.75, 3.05) is 18.9 Å². The molecule has 1 N–H and O–H groups in total. The van der Waals surface area contributed by atoms with E-state index in [0.717, 1.165) is 18.7 Å². The second-order valence-electron chi connectivity index (χ2n) is 3.94. The Morgan fingerprint density at radius 3 is 2.88 bits per heavy atom. The molecule has 0 radical (unpaired) electrons. The smallest absolute Gasteiger partial charge is 0.174 e. The summed E-state index contributed by atoms with van der Waals surface area (Å²) in [6, 6.07) is 9.98. The summed E-state index contributed by atoms with van der Waals surface area (Å²) in [5.74, 6) is 2.00. The van der Waals surface area contributed by atoms with Crippen molar-refractivity contribution in [1.82, 2.24) is 5.32 Å². The topological polar surface area (TPSA) is 45.0 Å². The van der Waals surface area contributed by atoms with Crippen molar-refractivity contribution >= 4 is 11.8 Å². The third-order valence-electron chi connectivity index (χ3n) is 2.72. The van der Waals surface area contributed by atoms with Crippen molar-refractivity contribution in [1.29, 1.82) is 5.26 Å². The molecule has 1 aromatic rings. The highest BCUT2D eigenvalue weighted by Gasteiger charge is 2.13. The Labute approximate surface area is 106 Å². The molecule has 3 nitrogen and oxygen atoms in total. The molecule has 1 unspecified atom stereocenters. The zero-order valence-electron chi connectivity index (χ0n) is 9.69. The van der Waals surface area contributed by atoms with Crippen LogP contribution in [0, 0.1) is 11.3 Å². The molecular formula is C13H16N2OS. The molecule has 1 aromatic carbocycles. The van der Waals surface area contributed by atoms with E-state index < -0.39 is 0 Å². The molecule has 0 amide bonds. The first kappa shape index (κ1) is 12.3. The Hall–Kier alpha value is -1.18. The number of benzene rings is 1. The summed E-state index contributed by atoms with van der Waals surface area (Å²) in [6.07, 6.45) is 2.26. The lowest BCUT2D eigenvalue weighted by molar-refractivity contribution is 0.368. The van der Waals surface area contributed by atoms with Gasteiger partial charge in [0.05, 0.1) is 5.37 Å². The van der Waals surface area contributed by atoms with Gasteiger partial charge in [0.1, 0.15) is 11.8 Å². The Kier molecular flexibility index (Phi) is 4.72. The molecule has 1 aliphatic heterocycles. The van der Waals surface area contributed by atoms with Gasteiger partial charge >= 0.3 is 0 Å². The zero-order chi connectivity index (χ0) is 11.9. The largest absolute Gasteiger partial charge is 0.479 e. The number of ether oxygens (including phenoxy) is 1. The minimum Gasteiger partial charge on any atom is -0.479 e. The molecule has 0 aromatic heterocycles. The van der Waals surface area contributed by atoms with Gasteiger partial charge in [0, 0.05) is 12.3 Å². The summed E-state index contributed by atoms with van der Waals surface area (Å²) in [5.41, 5.74) is 1.32. The van der Waals surface area contributed by atoms with Gasteiger partial charge in [-0.2, -0.15) is 5.26 Å². The van der Waals surface area contributed by atoms with Crippen LogP contribution in [-0.2, 0) is 6.42 Å². The first-order valence-electron chi connectivity index (χ1n) is 5.82. The fraction of sp³-hybridized carbons (Fsp3) is 0.462. The van der Waals surface area contributed by atoms with Crippen LogP contribution in [0.25, 0.3) is 0 Å². The quantitative estimate of drug-likeness (QED) is 0.867. The first-order chi connectivity index (χ1) is 8.38. The SMILES string of the molecule is N#CCOc1ccc(CCC2NCCS2)cc1. The average molecular weight is 248 g/mol. The van der Waals surface area contributed by atoms with Gasteiger partial charge in [-0.1, -0.05) is 12.1 Å². The highest BCUT2D eigenvalue weighted by Crippen LogP contribution is 2.20. The van der Waals surface area contributed by atoms with Crippen LogP contribution in [0.15, 0.2) is 24.3 Å². The zero-order valence-corrected chi connectivity index (χ0v) is 10.5. The van der Waals surface area contributed by atoms with Gasteiger partial charge in [0.2, 0.25) is 0 Å². The summed E-state index contributed by atoms with van der Waals surface area (Å²) in [7, 11) is 0. The number of rotatable bonds is 5. The number of nitriles is 1. The molecule has 90 valence electrons. The third kappa shape index (κ3) is 3.95. The van der Waals surface area contributed by atoms with Crippen LogP contribution >= 0.6 is 11.8 Å². The molecular weight excluding hydrogens is 232 g/mol. The van der Waals surface area contributed by atoms with Crippen LogP contribution in [0.4, 0.5) is 0 Å². The van der Waals surface area contributed by atoms with Crippen LogP contribution in [0.5, 0.6) is 5.75 Å². The molecule has 17 heavy (non-hydrogen) atoms. The van der Waals surface area contributed by atoms with Gasteiger partial charge in [-0.05, 0) is 30.5 Å². The predicted octanol–water partition coefficient (Wildman–Crippen LogP) is 2.18. The van der Waals surface area contributed by atoms with E-state index in [9.17, 15) is 0 Å². The van der Waals surface area contributed by atoms with Gasteiger partial charge in [-0.15, -0.1) is 11.8 Å². The monoisotopic (exact) mass is 248 g/mol. The fourth-order valence-corrected chi connectivity index (χ4v) is 2.87. The van der Waals surface area contributed by atoms with E-state index in [0.29, 0.717) is 5.37 Å². The minimum absolute atomic E-state index is 0.113. The molecule has 1 saturated heterocycles. The Bertz CT molecular complexity index is 379. The lowest BCUT2D eigenvalue weighted by atomic mass is 10.1. The van der Waals surface area contributed by atoms with Crippen molar-refractivity contribution in [2.45, 2.75) is 18.2 Å². The van der Waals surface area contributed by atoms with E-state index in [2.05, 4.69) is 17.4 Å². The Morgan fingerprint density at radius 2 is 2.24 bits per heavy atom. The van der Waals surface area contributed by atoms with Gasteiger partial charge in [0.15, 0.2) is 6.61 Å². The standard InChI is InChI=1S/C13H16N2OS/c14-7-9-16-12-4-1-11(2-5-12)3-6-13-15-8-10-17-13/h1-2,4-5,13,15H,3,6,8-10H2. The molecule has 0 saturated carbocycles. The van der Waals surface area contributed by atoms with E-state index >= 15 is 0 Å². The fourth-order valence-electron chi connectivity index (χ4n) is 1.83. The van der Waals surface area contributed by atoms with Gasteiger partial charge in [-0.3, -0.25) is 0 Å². The lowest BCUT2D eigenvalue weighted by Gasteiger charge is -2.09. The molecule has 1 aliphatic rings. The van der Waals surface area contributed by atoms with Crippen LogP contribution in [-0.4, -0.2) is 24.3 Å². The van der Waals surface area contributed by atoms with Gasteiger partial charge < -0.3 is 10.1 Å². The van der Waals surface area contributed by atoms with E-state index in [4.69, 9.17) is 10.00 Å². The highest BCUT2D eigenvalue weighted by molar-refractivity contribution is 8.00.